The van der Waals surface area contributed by atoms with Gasteiger partial charge in [0.25, 0.3) is 5.91 Å². The molecule has 0 aliphatic heterocycles. The van der Waals surface area contributed by atoms with Crippen LogP contribution in [0.25, 0.3) is 0 Å². The van der Waals surface area contributed by atoms with Crippen molar-refractivity contribution in [3.05, 3.63) is 34.9 Å². The summed E-state index contributed by atoms with van der Waals surface area (Å²) in [5.74, 6) is -1.06. The first-order valence-electron chi connectivity index (χ1n) is 6.81. The van der Waals surface area contributed by atoms with Gasteiger partial charge in [-0.05, 0) is 24.6 Å². The minimum absolute atomic E-state index is 0.0432. The zero-order valence-electron chi connectivity index (χ0n) is 11.6. The molecule has 0 saturated heterocycles. The molecule has 0 bridgehead atoms. The van der Waals surface area contributed by atoms with E-state index in [4.69, 9.17) is 16.7 Å². The maximum Gasteiger partial charge on any atom is 0.305 e. The zero-order valence-corrected chi connectivity index (χ0v) is 12.4. The standard InChI is InChI=1S/C15H20ClNO3/c1-2-3-4-9-17(10-8-14(18)19)15(20)12-6-5-7-13(16)11-12/h5-7,11H,2-4,8-10H2,1H3,(H,18,19). The summed E-state index contributed by atoms with van der Waals surface area (Å²) >= 11 is 5.88. The normalized spacial score (nSPS) is 10.3. The van der Waals surface area contributed by atoms with E-state index in [1.165, 1.54) is 0 Å². The van der Waals surface area contributed by atoms with Crippen molar-refractivity contribution >= 4 is 23.5 Å². The Labute approximate surface area is 124 Å². The van der Waals surface area contributed by atoms with Crippen LogP contribution in [0.5, 0.6) is 0 Å². The van der Waals surface area contributed by atoms with Crippen molar-refractivity contribution in [3.8, 4) is 0 Å². The molecular formula is C15H20ClNO3. The summed E-state index contributed by atoms with van der Waals surface area (Å²) in [6, 6.07) is 6.73. The van der Waals surface area contributed by atoms with Crippen LogP contribution in [0.2, 0.25) is 5.02 Å². The topological polar surface area (TPSA) is 57.6 Å². The highest BCUT2D eigenvalue weighted by molar-refractivity contribution is 6.30. The molecule has 1 amide bonds. The molecule has 0 atom stereocenters. The van der Waals surface area contributed by atoms with Gasteiger partial charge in [0.15, 0.2) is 0 Å². The fourth-order valence-electron chi connectivity index (χ4n) is 1.90. The molecule has 0 fully saturated rings. The quantitative estimate of drug-likeness (QED) is 0.748. The fourth-order valence-corrected chi connectivity index (χ4v) is 2.09. The van der Waals surface area contributed by atoms with E-state index in [9.17, 15) is 9.59 Å². The van der Waals surface area contributed by atoms with Crippen LogP contribution in [0.15, 0.2) is 24.3 Å². The van der Waals surface area contributed by atoms with Gasteiger partial charge in [-0.3, -0.25) is 9.59 Å². The Balaban J connectivity index is 2.74. The number of halogens is 1. The highest BCUT2D eigenvalue weighted by Gasteiger charge is 2.16. The molecule has 20 heavy (non-hydrogen) atoms. The predicted molar refractivity (Wildman–Crippen MR) is 79.1 cm³/mol. The third kappa shape index (κ3) is 5.61. The van der Waals surface area contributed by atoms with E-state index in [1.807, 2.05) is 0 Å². The second-order valence-corrected chi connectivity index (χ2v) is 5.09. The summed E-state index contributed by atoms with van der Waals surface area (Å²) in [5, 5.41) is 9.27. The number of hydrogen-bond acceptors (Lipinski definition) is 2. The number of aliphatic carboxylic acids is 1. The van der Waals surface area contributed by atoms with Crippen molar-refractivity contribution in [2.45, 2.75) is 32.6 Å². The minimum atomic E-state index is -0.899. The van der Waals surface area contributed by atoms with Crippen molar-refractivity contribution in [3.63, 3.8) is 0 Å². The van der Waals surface area contributed by atoms with E-state index in [1.54, 1.807) is 29.2 Å². The number of nitrogens with zero attached hydrogens (tertiary/aromatic N) is 1. The van der Waals surface area contributed by atoms with E-state index in [0.717, 1.165) is 19.3 Å². The third-order valence-electron chi connectivity index (χ3n) is 2.99. The number of carboxylic acid groups (broad SMARTS) is 1. The monoisotopic (exact) mass is 297 g/mol. The van der Waals surface area contributed by atoms with Gasteiger partial charge >= 0.3 is 5.97 Å². The van der Waals surface area contributed by atoms with E-state index in [-0.39, 0.29) is 18.9 Å². The lowest BCUT2D eigenvalue weighted by atomic mass is 10.1. The van der Waals surface area contributed by atoms with Gasteiger partial charge in [0.05, 0.1) is 6.42 Å². The highest BCUT2D eigenvalue weighted by Crippen LogP contribution is 2.13. The highest BCUT2D eigenvalue weighted by atomic mass is 35.5. The first-order chi connectivity index (χ1) is 9.54. The summed E-state index contributed by atoms with van der Waals surface area (Å²) in [7, 11) is 0. The van der Waals surface area contributed by atoms with Crippen LogP contribution in [0.1, 0.15) is 43.0 Å². The van der Waals surface area contributed by atoms with Crippen molar-refractivity contribution in [1.29, 1.82) is 0 Å². The average molecular weight is 298 g/mol. The van der Waals surface area contributed by atoms with E-state index >= 15 is 0 Å². The van der Waals surface area contributed by atoms with Crippen LogP contribution in [0.3, 0.4) is 0 Å². The fraction of sp³-hybridized carbons (Fsp3) is 0.467. The molecule has 1 aromatic rings. The molecular weight excluding hydrogens is 278 g/mol. The maximum atomic E-state index is 12.4. The van der Waals surface area contributed by atoms with E-state index in [2.05, 4.69) is 6.92 Å². The molecule has 0 aromatic heterocycles. The van der Waals surface area contributed by atoms with Crippen LogP contribution in [-0.2, 0) is 4.79 Å². The number of carboxylic acids is 1. The summed E-state index contributed by atoms with van der Waals surface area (Å²) in [6.07, 6.45) is 2.91. The van der Waals surface area contributed by atoms with Crippen molar-refractivity contribution < 1.29 is 14.7 Å². The Morgan fingerprint density at radius 1 is 1.25 bits per heavy atom. The Morgan fingerprint density at radius 3 is 2.60 bits per heavy atom. The number of benzene rings is 1. The van der Waals surface area contributed by atoms with Crippen LogP contribution in [0, 0.1) is 0 Å². The Hall–Kier alpha value is -1.55. The SMILES string of the molecule is CCCCCN(CCC(=O)O)C(=O)c1cccc(Cl)c1. The van der Waals surface area contributed by atoms with Crippen LogP contribution < -0.4 is 0 Å². The minimum Gasteiger partial charge on any atom is -0.481 e. The molecule has 5 heteroatoms. The summed E-state index contributed by atoms with van der Waals surface area (Å²) in [4.78, 5) is 24.7. The molecule has 0 aliphatic carbocycles. The molecule has 0 heterocycles. The molecule has 0 aliphatic rings. The van der Waals surface area contributed by atoms with Crippen molar-refractivity contribution in [2.75, 3.05) is 13.1 Å². The number of amides is 1. The van der Waals surface area contributed by atoms with Crippen molar-refractivity contribution in [1.82, 2.24) is 4.90 Å². The number of carbonyl (C=O) groups is 2. The molecule has 1 N–H and O–H groups in total. The lowest BCUT2D eigenvalue weighted by Crippen LogP contribution is -2.34. The van der Waals surface area contributed by atoms with Crippen LogP contribution >= 0.6 is 11.6 Å². The van der Waals surface area contributed by atoms with Crippen LogP contribution in [0.4, 0.5) is 0 Å². The first-order valence-corrected chi connectivity index (χ1v) is 7.19. The van der Waals surface area contributed by atoms with Gasteiger partial charge in [-0.2, -0.15) is 0 Å². The number of carbonyl (C=O) groups excluding carboxylic acids is 1. The van der Waals surface area contributed by atoms with Crippen LogP contribution in [-0.4, -0.2) is 35.0 Å². The average Bonchev–Trinajstić information content (AvgIpc) is 2.41. The number of hydrogen-bond donors (Lipinski definition) is 1. The van der Waals surface area contributed by atoms with Gasteiger partial charge in [-0.15, -0.1) is 0 Å². The smallest absolute Gasteiger partial charge is 0.305 e. The maximum absolute atomic E-state index is 12.4. The molecule has 1 rings (SSSR count). The van der Waals surface area contributed by atoms with Gasteiger partial charge in [0.1, 0.15) is 0 Å². The van der Waals surface area contributed by atoms with E-state index in [0.29, 0.717) is 17.1 Å². The largest absolute Gasteiger partial charge is 0.481 e. The molecule has 0 unspecified atom stereocenters. The van der Waals surface area contributed by atoms with Gasteiger partial charge in [0.2, 0.25) is 0 Å². The third-order valence-corrected chi connectivity index (χ3v) is 3.22. The summed E-state index contributed by atoms with van der Waals surface area (Å²) in [5.41, 5.74) is 0.499. The molecule has 0 spiro atoms. The predicted octanol–water partition coefficient (Wildman–Crippen LogP) is 3.45. The van der Waals surface area contributed by atoms with Gasteiger partial charge in [0, 0.05) is 23.7 Å². The Kier molecular flexibility index (Phi) is 7.09. The first kappa shape index (κ1) is 16.5. The van der Waals surface area contributed by atoms with E-state index < -0.39 is 5.97 Å². The second-order valence-electron chi connectivity index (χ2n) is 4.65. The molecule has 110 valence electrons. The van der Waals surface area contributed by atoms with Gasteiger partial charge in [-0.1, -0.05) is 37.4 Å². The lowest BCUT2D eigenvalue weighted by molar-refractivity contribution is -0.137. The Morgan fingerprint density at radius 2 is 2.00 bits per heavy atom. The molecule has 0 radical (unpaired) electrons. The van der Waals surface area contributed by atoms with Gasteiger partial charge < -0.3 is 10.0 Å². The van der Waals surface area contributed by atoms with Gasteiger partial charge in [-0.25, -0.2) is 0 Å². The Bertz CT molecular complexity index is 462. The summed E-state index contributed by atoms with van der Waals surface area (Å²) < 4.78 is 0. The molecule has 0 saturated carbocycles. The van der Waals surface area contributed by atoms with Crippen molar-refractivity contribution in [2.24, 2.45) is 0 Å². The zero-order chi connectivity index (χ0) is 15.0. The lowest BCUT2D eigenvalue weighted by Gasteiger charge is -2.22. The molecule has 1 aromatic carbocycles. The number of rotatable bonds is 8. The summed E-state index contributed by atoms with van der Waals surface area (Å²) in [6.45, 7) is 2.89. The number of unbranched alkanes of at least 4 members (excludes halogenated alkanes) is 2. The molecule has 4 nitrogen and oxygen atoms in total. The second kappa shape index (κ2) is 8.59.